The van der Waals surface area contributed by atoms with E-state index >= 15 is 0 Å². The monoisotopic (exact) mass is 329 g/mol. The van der Waals surface area contributed by atoms with Gasteiger partial charge in [-0.2, -0.15) is 0 Å². The Bertz CT molecular complexity index is 549. The summed E-state index contributed by atoms with van der Waals surface area (Å²) in [6, 6.07) is 20.1. The molecule has 0 aliphatic heterocycles. The van der Waals surface area contributed by atoms with Crippen molar-refractivity contribution in [2.75, 3.05) is 6.54 Å². The molecule has 3 unspecified atom stereocenters. The first kappa shape index (κ1) is 13.8. The van der Waals surface area contributed by atoms with E-state index in [4.69, 9.17) is 0 Å². The molecule has 1 nitrogen and oxygen atoms in total. The molecular weight excluding hydrogens is 310 g/mol. The molecule has 1 saturated carbocycles. The molecule has 3 rings (SSSR count). The summed E-state index contributed by atoms with van der Waals surface area (Å²) in [4.78, 5) is 0. The summed E-state index contributed by atoms with van der Waals surface area (Å²) in [7, 11) is 0. The predicted molar refractivity (Wildman–Crippen MR) is 87.8 cm³/mol. The topological polar surface area (TPSA) is 12.0 Å². The highest BCUT2D eigenvalue weighted by atomic mass is 79.9. The van der Waals surface area contributed by atoms with Gasteiger partial charge >= 0.3 is 0 Å². The van der Waals surface area contributed by atoms with Gasteiger partial charge in [0, 0.05) is 10.5 Å². The molecule has 1 aliphatic rings. The van der Waals surface area contributed by atoms with Crippen molar-refractivity contribution < 1.29 is 0 Å². The van der Waals surface area contributed by atoms with E-state index in [1.807, 2.05) is 0 Å². The van der Waals surface area contributed by atoms with Crippen molar-refractivity contribution in [3.63, 3.8) is 0 Å². The third-order valence-electron chi connectivity index (χ3n) is 4.15. The van der Waals surface area contributed by atoms with Crippen molar-refractivity contribution >= 4 is 15.9 Å². The second kappa shape index (κ2) is 6.11. The van der Waals surface area contributed by atoms with Crippen LogP contribution in [0.25, 0.3) is 0 Å². The van der Waals surface area contributed by atoms with E-state index < -0.39 is 0 Å². The summed E-state index contributed by atoms with van der Waals surface area (Å²) in [6.07, 6.45) is 1.29. The minimum Gasteiger partial charge on any atom is -0.310 e. The van der Waals surface area contributed by atoms with Gasteiger partial charge in [-0.15, -0.1) is 0 Å². The number of nitrogens with one attached hydrogen (secondary N) is 1. The van der Waals surface area contributed by atoms with Gasteiger partial charge in [-0.25, -0.2) is 0 Å². The SMILES string of the molecule is CCNC(c1ccc(Br)cc1)C1CC1c1ccccc1. The summed E-state index contributed by atoms with van der Waals surface area (Å²) in [5.41, 5.74) is 2.89. The molecule has 104 valence electrons. The zero-order chi connectivity index (χ0) is 13.9. The Balaban J connectivity index is 1.78. The molecule has 20 heavy (non-hydrogen) atoms. The highest BCUT2D eigenvalue weighted by molar-refractivity contribution is 9.10. The summed E-state index contributed by atoms with van der Waals surface area (Å²) < 4.78 is 1.15. The van der Waals surface area contributed by atoms with Crippen LogP contribution in [0.15, 0.2) is 59.1 Å². The lowest BCUT2D eigenvalue weighted by Gasteiger charge is -2.19. The molecule has 1 aliphatic carbocycles. The van der Waals surface area contributed by atoms with E-state index in [1.54, 1.807) is 0 Å². The standard InChI is InChI=1S/C18H20BrN/c1-2-20-18(14-8-10-15(19)11-9-14)17-12-16(17)13-6-4-3-5-7-13/h3-11,16-18,20H,2,12H2,1H3. The first-order valence-corrected chi connectivity index (χ1v) is 8.12. The van der Waals surface area contributed by atoms with E-state index in [-0.39, 0.29) is 0 Å². The van der Waals surface area contributed by atoms with E-state index in [2.05, 4.69) is 82.8 Å². The van der Waals surface area contributed by atoms with Crippen molar-refractivity contribution in [2.45, 2.75) is 25.3 Å². The number of benzene rings is 2. The second-order valence-electron chi connectivity index (χ2n) is 5.50. The van der Waals surface area contributed by atoms with Crippen molar-refractivity contribution in [3.05, 3.63) is 70.2 Å². The quantitative estimate of drug-likeness (QED) is 0.822. The van der Waals surface area contributed by atoms with Crippen LogP contribution >= 0.6 is 15.9 Å². The molecule has 0 spiro atoms. The first-order valence-electron chi connectivity index (χ1n) is 7.33. The van der Waals surface area contributed by atoms with Crippen LogP contribution in [0.1, 0.15) is 36.4 Å². The van der Waals surface area contributed by atoms with Crippen LogP contribution in [-0.4, -0.2) is 6.54 Å². The molecule has 0 aromatic heterocycles. The van der Waals surface area contributed by atoms with Crippen molar-refractivity contribution in [3.8, 4) is 0 Å². The van der Waals surface area contributed by atoms with E-state index in [1.165, 1.54) is 17.5 Å². The van der Waals surface area contributed by atoms with Crippen LogP contribution in [0.2, 0.25) is 0 Å². The van der Waals surface area contributed by atoms with Crippen LogP contribution in [0, 0.1) is 5.92 Å². The summed E-state index contributed by atoms with van der Waals surface area (Å²) in [5.74, 6) is 1.43. The molecule has 2 aromatic carbocycles. The maximum Gasteiger partial charge on any atom is 0.0354 e. The normalized spacial score (nSPS) is 22.5. The number of hydrogen-bond donors (Lipinski definition) is 1. The molecule has 1 fully saturated rings. The zero-order valence-corrected chi connectivity index (χ0v) is 13.3. The van der Waals surface area contributed by atoms with E-state index in [9.17, 15) is 0 Å². The highest BCUT2D eigenvalue weighted by Gasteiger charge is 2.43. The molecule has 2 heteroatoms. The van der Waals surface area contributed by atoms with Crippen LogP contribution in [0.5, 0.6) is 0 Å². The molecule has 0 heterocycles. The van der Waals surface area contributed by atoms with Gasteiger partial charge in [-0.1, -0.05) is 65.3 Å². The van der Waals surface area contributed by atoms with Crippen LogP contribution in [0.3, 0.4) is 0 Å². The second-order valence-corrected chi connectivity index (χ2v) is 6.42. The molecule has 0 bridgehead atoms. The highest BCUT2D eigenvalue weighted by Crippen LogP contribution is 2.54. The van der Waals surface area contributed by atoms with Gasteiger partial charge in [0.1, 0.15) is 0 Å². The van der Waals surface area contributed by atoms with Gasteiger partial charge in [0.2, 0.25) is 0 Å². The van der Waals surface area contributed by atoms with Crippen molar-refractivity contribution in [2.24, 2.45) is 5.92 Å². The third-order valence-corrected chi connectivity index (χ3v) is 4.68. The Morgan fingerprint density at radius 3 is 2.45 bits per heavy atom. The molecule has 3 atom stereocenters. The zero-order valence-electron chi connectivity index (χ0n) is 11.7. The summed E-state index contributed by atoms with van der Waals surface area (Å²) in [5, 5.41) is 3.66. The molecule has 2 aromatic rings. The molecule has 1 N–H and O–H groups in total. The van der Waals surface area contributed by atoms with Crippen LogP contribution in [0.4, 0.5) is 0 Å². The lowest BCUT2D eigenvalue weighted by molar-refractivity contribution is 0.487. The van der Waals surface area contributed by atoms with Crippen LogP contribution < -0.4 is 5.32 Å². The maximum absolute atomic E-state index is 3.66. The Morgan fingerprint density at radius 2 is 1.80 bits per heavy atom. The van der Waals surface area contributed by atoms with Gasteiger partial charge in [-0.3, -0.25) is 0 Å². The first-order chi connectivity index (χ1) is 9.79. The average Bonchev–Trinajstić information content (AvgIpc) is 3.27. The van der Waals surface area contributed by atoms with Gasteiger partial charge in [0.25, 0.3) is 0 Å². The lowest BCUT2D eigenvalue weighted by Crippen LogP contribution is -2.23. The molecular formula is C18H20BrN. The largest absolute Gasteiger partial charge is 0.310 e. The summed E-state index contributed by atoms with van der Waals surface area (Å²) in [6.45, 7) is 3.20. The molecule has 0 amide bonds. The minimum absolute atomic E-state index is 0.471. The number of halogens is 1. The van der Waals surface area contributed by atoms with E-state index in [0.717, 1.165) is 16.9 Å². The van der Waals surface area contributed by atoms with Crippen molar-refractivity contribution in [1.29, 1.82) is 0 Å². The molecule has 0 radical (unpaired) electrons. The Morgan fingerprint density at radius 1 is 1.10 bits per heavy atom. The summed E-state index contributed by atoms with van der Waals surface area (Å²) >= 11 is 3.51. The Labute approximate surface area is 129 Å². The van der Waals surface area contributed by atoms with Gasteiger partial charge in [0.15, 0.2) is 0 Å². The fraction of sp³-hybridized carbons (Fsp3) is 0.333. The van der Waals surface area contributed by atoms with Crippen LogP contribution in [-0.2, 0) is 0 Å². The number of hydrogen-bond acceptors (Lipinski definition) is 1. The third kappa shape index (κ3) is 2.97. The molecule has 0 saturated heterocycles. The van der Waals surface area contributed by atoms with Gasteiger partial charge < -0.3 is 5.32 Å². The minimum atomic E-state index is 0.471. The number of rotatable bonds is 5. The maximum atomic E-state index is 3.66. The van der Waals surface area contributed by atoms with Crippen molar-refractivity contribution in [1.82, 2.24) is 5.32 Å². The van der Waals surface area contributed by atoms with E-state index in [0.29, 0.717) is 12.0 Å². The van der Waals surface area contributed by atoms with Gasteiger partial charge in [-0.05, 0) is 48.1 Å². The fourth-order valence-electron chi connectivity index (χ4n) is 3.07. The fourth-order valence-corrected chi connectivity index (χ4v) is 3.34. The smallest absolute Gasteiger partial charge is 0.0354 e. The predicted octanol–water partition coefficient (Wildman–Crippen LogP) is 4.90. The Hall–Kier alpha value is -1.12. The van der Waals surface area contributed by atoms with Gasteiger partial charge in [0.05, 0.1) is 0 Å². The lowest BCUT2D eigenvalue weighted by atomic mass is 9.99. The Kier molecular flexibility index (Phi) is 4.23. The average molecular weight is 330 g/mol.